The third-order valence-electron chi connectivity index (χ3n) is 5.00. The van der Waals surface area contributed by atoms with E-state index >= 15 is 0 Å². The molecule has 1 saturated heterocycles. The van der Waals surface area contributed by atoms with Gasteiger partial charge < -0.3 is 20.4 Å². The summed E-state index contributed by atoms with van der Waals surface area (Å²) in [6.07, 6.45) is 0. The Morgan fingerprint density at radius 3 is 2.37 bits per heavy atom. The van der Waals surface area contributed by atoms with Crippen LogP contribution in [-0.4, -0.2) is 61.4 Å². The molecule has 3 rings (SSSR count). The summed E-state index contributed by atoms with van der Waals surface area (Å²) in [5.74, 6) is -0.873. The van der Waals surface area contributed by atoms with E-state index in [4.69, 9.17) is 11.6 Å². The van der Waals surface area contributed by atoms with E-state index in [1.54, 1.807) is 36.1 Å². The molecule has 1 aliphatic rings. The SMILES string of the molecule is CC(NC(=O)c1ccccc1)C(=O)NCC(=O)N1CCN(c2cccc(Cl)c2)CC1. The molecule has 0 saturated carbocycles. The zero-order valence-electron chi connectivity index (χ0n) is 16.8. The molecule has 8 heteroatoms. The molecule has 1 heterocycles. The van der Waals surface area contributed by atoms with Gasteiger partial charge in [-0.1, -0.05) is 35.9 Å². The number of nitrogens with zero attached hydrogens (tertiary/aromatic N) is 2. The van der Waals surface area contributed by atoms with Crippen molar-refractivity contribution in [1.82, 2.24) is 15.5 Å². The first-order valence-electron chi connectivity index (χ1n) is 9.86. The molecule has 3 amide bonds. The van der Waals surface area contributed by atoms with Gasteiger partial charge in [-0.3, -0.25) is 14.4 Å². The van der Waals surface area contributed by atoms with Crippen LogP contribution < -0.4 is 15.5 Å². The number of amides is 3. The van der Waals surface area contributed by atoms with Gasteiger partial charge in [0, 0.05) is 42.5 Å². The predicted molar refractivity (Wildman–Crippen MR) is 117 cm³/mol. The molecule has 0 aliphatic carbocycles. The molecule has 158 valence electrons. The van der Waals surface area contributed by atoms with Crippen LogP contribution in [0.25, 0.3) is 0 Å². The van der Waals surface area contributed by atoms with E-state index in [1.165, 1.54) is 0 Å². The second-order valence-corrected chi connectivity index (χ2v) is 7.56. The molecule has 0 aromatic heterocycles. The average molecular weight is 429 g/mol. The van der Waals surface area contributed by atoms with Gasteiger partial charge in [0.1, 0.15) is 6.04 Å². The fourth-order valence-electron chi connectivity index (χ4n) is 3.25. The Labute approximate surface area is 181 Å². The van der Waals surface area contributed by atoms with E-state index in [-0.39, 0.29) is 18.4 Å². The number of nitrogens with one attached hydrogen (secondary N) is 2. The van der Waals surface area contributed by atoms with Crippen molar-refractivity contribution in [3.63, 3.8) is 0 Å². The Morgan fingerprint density at radius 1 is 1.00 bits per heavy atom. The fraction of sp³-hybridized carbons (Fsp3) is 0.318. The topological polar surface area (TPSA) is 81.8 Å². The summed E-state index contributed by atoms with van der Waals surface area (Å²) in [6, 6.07) is 15.6. The van der Waals surface area contributed by atoms with E-state index < -0.39 is 11.9 Å². The van der Waals surface area contributed by atoms with Crippen molar-refractivity contribution in [2.75, 3.05) is 37.6 Å². The molecule has 0 radical (unpaired) electrons. The summed E-state index contributed by atoms with van der Waals surface area (Å²) in [4.78, 5) is 40.7. The monoisotopic (exact) mass is 428 g/mol. The molecule has 0 spiro atoms. The van der Waals surface area contributed by atoms with Crippen molar-refractivity contribution in [3.05, 3.63) is 65.2 Å². The third kappa shape index (κ3) is 5.73. The highest BCUT2D eigenvalue weighted by molar-refractivity contribution is 6.30. The van der Waals surface area contributed by atoms with Crippen molar-refractivity contribution < 1.29 is 14.4 Å². The largest absolute Gasteiger partial charge is 0.368 e. The highest BCUT2D eigenvalue weighted by Gasteiger charge is 2.23. The van der Waals surface area contributed by atoms with Crippen LogP contribution in [0.4, 0.5) is 5.69 Å². The minimum absolute atomic E-state index is 0.0957. The normalized spacial score (nSPS) is 14.7. The van der Waals surface area contributed by atoms with E-state index in [9.17, 15) is 14.4 Å². The van der Waals surface area contributed by atoms with Crippen molar-refractivity contribution in [2.45, 2.75) is 13.0 Å². The Bertz CT molecular complexity index is 898. The van der Waals surface area contributed by atoms with Crippen molar-refractivity contribution in [3.8, 4) is 0 Å². The van der Waals surface area contributed by atoms with Gasteiger partial charge in [0.15, 0.2) is 0 Å². The Kier molecular flexibility index (Phi) is 7.30. The van der Waals surface area contributed by atoms with Gasteiger partial charge in [0.2, 0.25) is 11.8 Å². The van der Waals surface area contributed by atoms with Gasteiger partial charge in [0.25, 0.3) is 5.91 Å². The maximum Gasteiger partial charge on any atom is 0.251 e. The van der Waals surface area contributed by atoms with Crippen LogP contribution in [-0.2, 0) is 9.59 Å². The van der Waals surface area contributed by atoms with Gasteiger partial charge in [0.05, 0.1) is 6.54 Å². The number of piperazine rings is 1. The first-order valence-corrected chi connectivity index (χ1v) is 10.2. The van der Waals surface area contributed by atoms with Crippen LogP contribution in [0.15, 0.2) is 54.6 Å². The summed E-state index contributed by atoms with van der Waals surface area (Å²) in [7, 11) is 0. The van der Waals surface area contributed by atoms with E-state index in [0.717, 1.165) is 5.69 Å². The number of hydrogen-bond donors (Lipinski definition) is 2. The van der Waals surface area contributed by atoms with Crippen LogP contribution in [0.5, 0.6) is 0 Å². The lowest BCUT2D eigenvalue weighted by Gasteiger charge is -2.36. The summed E-state index contributed by atoms with van der Waals surface area (Å²) in [6.45, 7) is 4.03. The molecule has 1 fully saturated rings. The summed E-state index contributed by atoms with van der Waals surface area (Å²) in [5, 5.41) is 5.93. The lowest BCUT2D eigenvalue weighted by atomic mass is 10.2. The summed E-state index contributed by atoms with van der Waals surface area (Å²) < 4.78 is 0. The number of hydrogen-bond acceptors (Lipinski definition) is 4. The smallest absolute Gasteiger partial charge is 0.251 e. The molecule has 30 heavy (non-hydrogen) atoms. The van der Waals surface area contributed by atoms with Gasteiger partial charge in [-0.2, -0.15) is 0 Å². The molecule has 2 N–H and O–H groups in total. The molecular formula is C22H25ClN4O3. The maximum absolute atomic E-state index is 12.5. The van der Waals surface area contributed by atoms with Gasteiger partial charge >= 0.3 is 0 Å². The van der Waals surface area contributed by atoms with E-state index in [1.807, 2.05) is 30.3 Å². The number of halogens is 1. The van der Waals surface area contributed by atoms with Gasteiger partial charge in [-0.05, 0) is 37.3 Å². The minimum atomic E-state index is -0.745. The number of benzene rings is 2. The minimum Gasteiger partial charge on any atom is -0.368 e. The molecule has 1 unspecified atom stereocenters. The van der Waals surface area contributed by atoms with Crippen molar-refractivity contribution >= 4 is 35.0 Å². The number of rotatable bonds is 6. The van der Waals surface area contributed by atoms with Crippen LogP contribution in [0, 0.1) is 0 Å². The van der Waals surface area contributed by atoms with Gasteiger partial charge in [-0.15, -0.1) is 0 Å². The zero-order chi connectivity index (χ0) is 21.5. The second-order valence-electron chi connectivity index (χ2n) is 7.13. The second kappa shape index (κ2) is 10.1. The van der Waals surface area contributed by atoms with Crippen molar-refractivity contribution in [1.29, 1.82) is 0 Å². The molecule has 2 aromatic rings. The summed E-state index contributed by atoms with van der Waals surface area (Å²) in [5.41, 5.74) is 1.51. The average Bonchev–Trinajstić information content (AvgIpc) is 2.77. The number of carbonyl (C=O) groups is 3. The van der Waals surface area contributed by atoms with Crippen LogP contribution in [0.1, 0.15) is 17.3 Å². The maximum atomic E-state index is 12.5. The Balaban J connectivity index is 1.42. The third-order valence-corrected chi connectivity index (χ3v) is 5.23. The first kappa shape index (κ1) is 21.6. The Morgan fingerprint density at radius 2 is 1.70 bits per heavy atom. The summed E-state index contributed by atoms with van der Waals surface area (Å²) >= 11 is 6.05. The molecule has 1 aliphatic heterocycles. The van der Waals surface area contributed by atoms with E-state index in [0.29, 0.717) is 36.8 Å². The molecule has 0 bridgehead atoms. The first-order chi connectivity index (χ1) is 14.4. The van der Waals surface area contributed by atoms with Crippen LogP contribution in [0.2, 0.25) is 5.02 Å². The molecule has 7 nitrogen and oxygen atoms in total. The number of anilines is 1. The number of carbonyl (C=O) groups excluding carboxylic acids is 3. The van der Waals surface area contributed by atoms with Gasteiger partial charge in [-0.25, -0.2) is 0 Å². The Hall–Kier alpha value is -3.06. The molecule has 1 atom stereocenters. The van der Waals surface area contributed by atoms with Crippen molar-refractivity contribution in [2.24, 2.45) is 0 Å². The molecular weight excluding hydrogens is 404 g/mol. The standard InChI is InChI=1S/C22H25ClN4O3/c1-16(25-22(30)17-6-3-2-4-7-17)21(29)24-15-20(28)27-12-10-26(11-13-27)19-9-5-8-18(23)14-19/h2-9,14,16H,10-13,15H2,1H3,(H,24,29)(H,25,30). The fourth-order valence-corrected chi connectivity index (χ4v) is 3.43. The highest BCUT2D eigenvalue weighted by Crippen LogP contribution is 2.20. The zero-order valence-corrected chi connectivity index (χ0v) is 17.6. The lowest BCUT2D eigenvalue weighted by molar-refractivity contribution is -0.133. The predicted octanol–water partition coefficient (Wildman–Crippen LogP) is 1.92. The molecule has 2 aromatic carbocycles. The quantitative estimate of drug-likeness (QED) is 0.736. The lowest BCUT2D eigenvalue weighted by Crippen LogP contribution is -2.52. The van der Waals surface area contributed by atoms with E-state index in [2.05, 4.69) is 15.5 Å². The van der Waals surface area contributed by atoms with Crippen LogP contribution in [0.3, 0.4) is 0 Å². The highest BCUT2D eigenvalue weighted by atomic mass is 35.5. The van der Waals surface area contributed by atoms with Crippen LogP contribution >= 0.6 is 11.6 Å².